The van der Waals surface area contributed by atoms with E-state index in [1.165, 1.54) is 24.6 Å². The first-order valence-corrected chi connectivity index (χ1v) is 9.60. The van der Waals surface area contributed by atoms with Crippen LogP contribution in [0.3, 0.4) is 0 Å². The zero-order chi connectivity index (χ0) is 16.0. The molecule has 4 aliphatic rings. The monoisotopic (exact) mass is 333 g/mol. The number of rotatable bonds is 4. The maximum absolute atomic E-state index is 12.8. The van der Waals surface area contributed by atoms with Crippen molar-refractivity contribution in [1.29, 1.82) is 0 Å². The van der Waals surface area contributed by atoms with Gasteiger partial charge in [0.25, 0.3) is 0 Å². The lowest BCUT2D eigenvalue weighted by atomic mass is 9.94. The molecule has 1 aliphatic carbocycles. The van der Waals surface area contributed by atoms with Gasteiger partial charge in [0.15, 0.2) is 5.16 Å². The number of hydrogen-bond acceptors (Lipinski definition) is 6. The molecule has 3 saturated heterocycles. The third-order valence-electron chi connectivity index (χ3n) is 5.16. The third kappa shape index (κ3) is 2.98. The van der Waals surface area contributed by atoms with Crippen LogP contribution in [0.25, 0.3) is 0 Å². The van der Waals surface area contributed by atoms with Gasteiger partial charge >= 0.3 is 0 Å². The van der Waals surface area contributed by atoms with Crippen molar-refractivity contribution < 1.29 is 4.79 Å². The minimum absolute atomic E-state index is 0.0985. The van der Waals surface area contributed by atoms with Crippen LogP contribution < -0.4 is 10.6 Å². The van der Waals surface area contributed by atoms with Gasteiger partial charge in [-0.1, -0.05) is 11.8 Å². The number of hydrogen-bond donors (Lipinski definition) is 1. The number of amides is 1. The van der Waals surface area contributed by atoms with Crippen LogP contribution >= 0.6 is 11.8 Å². The highest BCUT2D eigenvalue weighted by molar-refractivity contribution is 7.98. The first-order chi connectivity index (χ1) is 11.1. The third-order valence-corrected chi connectivity index (χ3v) is 5.71. The number of fused-ring (bicyclic) bond motifs is 4. The fraction of sp³-hybridized carbons (Fsp3) is 0.688. The number of aromatic nitrogens is 2. The Morgan fingerprint density at radius 2 is 2.09 bits per heavy atom. The Balaban J connectivity index is 1.59. The molecule has 0 radical (unpaired) electrons. The van der Waals surface area contributed by atoms with Gasteiger partial charge in [-0.05, 0) is 37.9 Å². The Morgan fingerprint density at radius 1 is 1.26 bits per heavy atom. The van der Waals surface area contributed by atoms with Crippen LogP contribution in [0.15, 0.2) is 11.2 Å². The van der Waals surface area contributed by atoms with Crippen LogP contribution in [0.5, 0.6) is 0 Å². The second-order valence-electron chi connectivity index (χ2n) is 6.90. The lowest BCUT2D eigenvalue weighted by Gasteiger charge is -2.36. The van der Waals surface area contributed by atoms with Crippen LogP contribution in [-0.4, -0.2) is 52.7 Å². The average Bonchev–Trinajstić information content (AvgIpc) is 3.37. The van der Waals surface area contributed by atoms with Gasteiger partial charge in [-0.15, -0.1) is 0 Å². The van der Waals surface area contributed by atoms with Gasteiger partial charge in [0.05, 0.1) is 5.92 Å². The van der Waals surface area contributed by atoms with Crippen LogP contribution in [0, 0.1) is 11.8 Å². The highest BCUT2D eigenvalue weighted by Gasteiger charge is 2.42. The normalized spacial score (nSPS) is 27.4. The zero-order valence-corrected chi connectivity index (χ0v) is 14.3. The van der Waals surface area contributed by atoms with Gasteiger partial charge in [0.1, 0.15) is 11.6 Å². The summed E-state index contributed by atoms with van der Waals surface area (Å²) in [7, 11) is 0. The second kappa shape index (κ2) is 5.85. The number of thioether (sulfide) groups is 1. The summed E-state index contributed by atoms with van der Waals surface area (Å²) in [5.41, 5.74) is 5.93. The summed E-state index contributed by atoms with van der Waals surface area (Å²) < 4.78 is 0. The molecule has 0 unspecified atom stereocenters. The predicted octanol–water partition coefficient (Wildman–Crippen LogP) is 1.62. The molecule has 124 valence electrons. The molecule has 1 aromatic rings. The summed E-state index contributed by atoms with van der Waals surface area (Å²) in [5, 5.41) is 0.692. The van der Waals surface area contributed by atoms with Crippen molar-refractivity contribution in [2.24, 2.45) is 11.8 Å². The van der Waals surface area contributed by atoms with Gasteiger partial charge < -0.3 is 15.5 Å². The van der Waals surface area contributed by atoms with E-state index in [1.807, 2.05) is 12.3 Å². The van der Waals surface area contributed by atoms with Crippen LogP contribution in [0.1, 0.15) is 25.7 Å². The van der Waals surface area contributed by atoms with E-state index < -0.39 is 0 Å². The maximum Gasteiger partial charge on any atom is 0.227 e. The van der Waals surface area contributed by atoms with Crippen molar-refractivity contribution in [3.8, 4) is 0 Å². The summed E-state index contributed by atoms with van der Waals surface area (Å²) in [4.78, 5) is 26.0. The first-order valence-electron chi connectivity index (χ1n) is 8.38. The van der Waals surface area contributed by atoms with Crippen LogP contribution in [0.2, 0.25) is 0 Å². The quantitative estimate of drug-likeness (QED) is 0.666. The van der Waals surface area contributed by atoms with E-state index in [0.717, 1.165) is 44.2 Å². The molecule has 7 heteroatoms. The van der Waals surface area contributed by atoms with Crippen LogP contribution in [0.4, 0.5) is 11.6 Å². The standard InChI is InChI=1S/C16H23N5OS/c1-23-16-18-13(17)6-14(19-16)20-8-11-4-5-12(9-20)21(15(11)22)7-10-2-3-10/h6,10-12H,2-5,7-9H2,1H3,(H2,17,18,19)/t11-,12+/m1/s1. The fourth-order valence-corrected chi connectivity index (χ4v) is 4.11. The number of piperidine rings is 1. The number of nitrogens with zero attached hydrogens (tertiary/aromatic N) is 4. The molecule has 0 aromatic carbocycles. The van der Waals surface area contributed by atoms with Crippen molar-refractivity contribution in [1.82, 2.24) is 14.9 Å². The Hall–Kier alpha value is -1.50. The van der Waals surface area contributed by atoms with Gasteiger partial charge in [-0.3, -0.25) is 4.79 Å². The van der Waals surface area contributed by atoms with Crippen LogP contribution in [-0.2, 0) is 4.79 Å². The molecule has 1 amide bonds. The summed E-state index contributed by atoms with van der Waals surface area (Å²) in [6.07, 6.45) is 6.62. The molecule has 2 atom stereocenters. The Morgan fingerprint density at radius 3 is 2.83 bits per heavy atom. The number of nitrogens with two attached hydrogens (primary N) is 1. The van der Waals surface area contributed by atoms with Gasteiger partial charge in [0, 0.05) is 31.7 Å². The lowest BCUT2D eigenvalue weighted by Crippen LogP contribution is -2.48. The summed E-state index contributed by atoms with van der Waals surface area (Å²) in [5.74, 6) is 2.55. The van der Waals surface area contributed by atoms with E-state index in [2.05, 4.69) is 19.8 Å². The lowest BCUT2D eigenvalue weighted by molar-refractivity contribution is -0.140. The van der Waals surface area contributed by atoms with E-state index in [1.54, 1.807) is 0 Å². The minimum atomic E-state index is 0.0985. The molecule has 2 N–H and O–H groups in total. The Labute approximate surface area is 140 Å². The molecule has 23 heavy (non-hydrogen) atoms. The highest BCUT2D eigenvalue weighted by Crippen LogP contribution is 2.36. The molecule has 6 nitrogen and oxygen atoms in total. The summed E-state index contributed by atoms with van der Waals surface area (Å²) >= 11 is 1.50. The average molecular weight is 333 g/mol. The van der Waals surface area contributed by atoms with E-state index in [9.17, 15) is 4.79 Å². The number of nitrogen functional groups attached to an aromatic ring is 1. The van der Waals surface area contributed by atoms with Gasteiger partial charge in [-0.25, -0.2) is 9.97 Å². The van der Waals surface area contributed by atoms with Gasteiger partial charge in [-0.2, -0.15) is 0 Å². The molecule has 1 aromatic heterocycles. The predicted molar refractivity (Wildman–Crippen MR) is 91.4 cm³/mol. The highest BCUT2D eigenvalue weighted by atomic mass is 32.2. The SMILES string of the molecule is CSc1nc(N)cc(N2C[C@H]3CC[C@@H](C2)N(CC2CC2)C3=O)n1. The molecule has 2 bridgehead atoms. The molecular weight excluding hydrogens is 310 g/mol. The van der Waals surface area contributed by atoms with Crippen molar-refractivity contribution in [2.45, 2.75) is 36.9 Å². The van der Waals surface area contributed by atoms with E-state index >= 15 is 0 Å². The molecular formula is C16H23N5OS. The van der Waals surface area contributed by atoms with Gasteiger partial charge in [0.2, 0.25) is 5.91 Å². The molecule has 1 saturated carbocycles. The minimum Gasteiger partial charge on any atom is -0.383 e. The smallest absolute Gasteiger partial charge is 0.227 e. The number of carbonyl (C=O) groups excluding carboxylic acids is 1. The Bertz CT molecular complexity index is 620. The Kier molecular flexibility index (Phi) is 3.83. The number of carbonyl (C=O) groups is 1. The maximum atomic E-state index is 12.8. The molecule has 4 fully saturated rings. The largest absolute Gasteiger partial charge is 0.383 e. The molecule has 3 aliphatic heterocycles. The first kappa shape index (κ1) is 15.1. The van der Waals surface area contributed by atoms with Crippen molar-refractivity contribution in [3.63, 3.8) is 0 Å². The van der Waals surface area contributed by atoms with E-state index in [0.29, 0.717) is 22.9 Å². The van der Waals surface area contributed by atoms with E-state index in [-0.39, 0.29) is 5.92 Å². The van der Waals surface area contributed by atoms with Crippen molar-refractivity contribution in [3.05, 3.63) is 6.07 Å². The van der Waals surface area contributed by atoms with Crippen molar-refractivity contribution >= 4 is 29.3 Å². The molecule has 5 rings (SSSR count). The zero-order valence-electron chi connectivity index (χ0n) is 13.4. The number of anilines is 2. The van der Waals surface area contributed by atoms with Crippen molar-refractivity contribution in [2.75, 3.05) is 36.5 Å². The summed E-state index contributed by atoms with van der Waals surface area (Å²) in [6, 6.07) is 2.15. The summed E-state index contributed by atoms with van der Waals surface area (Å²) in [6.45, 7) is 2.57. The topological polar surface area (TPSA) is 75.3 Å². The fourth-order valence-electron chi connectivity index (χ4n) is 3.73. The van der Waals surface area contributed by atoms with E-state index in [4.69, 9.17) is 5.73 Å². The molecule has 0 spiro atoms. The second-order valence-corrected chi connectivity index (χ2v) is 7.68. The molecule has 4 heterocycles.